The van der Waals surface area contributed by atoms with E-state index in [4.69, 9.17) is 5.73 Å². The molecule has 104 valence electrons. The number of aromatic nitrogens is 2. The van der Waals surface area contributed by atoms with E-state index in [1.54, 1.807) is 0 Å². The molecule has 0 fully saturated rings. The lowest BCUT2D eigenvalue weighted by atomic mass is 9.99. The van der Waals surface area contributed by atoms with E-state index in [2.05, 4.69) is 29.1 Å². The molecule has 0 spiro atoms. The predicted octanol–water partition coefficient (Wildman–Crippen LogP) is 2.82. The van der Waals surface area contributed by atoms with Crippen LogP contribution in [0.5, 0.6) is 0 Å². The lowest BCUT2D eigenvalue weighted by Crippen LogP contribution is -2.16. The second kappa shape index (κ2) is 6.14. The van der Waals surface area contributed by atoms with E-state index in [0.717, 1.165) is 6.42 Å². The standard InChI is InChI=1S/C15H18N4O/c1-3-10(2)11-4-6-12(7-5-11)19-15(20)13-14(16)18-9-8-17-13/h4-10H,3H2,1-2H3,(H2,16,18)(H,19,20)/t10-/m1/s1. The second-order valence-electron chi connectivity index (χ2n) is 4.68. The first-order valence-corrected chi connectivity index (χ1v) is 6.59. The van der Waals surface area contributed by atoms with Crippen molar-refractivity contribution in [1.82, 2.24) is 9.97 Å². The van der Waals surface area contributed by atoms with Crippen LogP contribution in [0.4, 0.5) is 11.5 Å². The summed E-state index contributed by atoms with van der Waals surface area (Å²) in [5.74, 6) is 0.281. The van der Waals surface area contributed by atoms with Crippen molar-refractivity contribution >= 4 is 17.4 Å². The third-order valence-electron chi connectivity index (χ3n) is 3.29. The van der Waals surface area contributed by atoms with Gasteiger partial charge in [0.05, 0.1) is 0 Å². The summed E-state index contributed by atoms with van der Waals surface area (Å²) in [4.78, 5) is 19.8. The Labute approximate surface area is 118 Å². The number of carbonyl (C=O) groups excluding carboxylic acids is 1. The first-order chi connectivity index (χ1) is 9.61. The Kier molecular flexibility index (Phi) is 4.30. The number of hydrogen-bond acceptors (Lipinski definition) is 4. The molecule has 0 bridgehead atoms. The number of hydrogen-bond donors (Lipinski definition) is 2. The van der Waals surface area contributed by atoms with Crippen LogP contribution in [0.15, 0.2) is 36.7 Å². The zero-order valence-electron chi connectivity index (χ0n) is 11.6. The number of carbonyl (C=O) groups is 1. The first kappa shape index (κ1) is 14.0. The summed E-state index contributed by atoms with van der Waals surface area (Å²) in [6, 6.07) is 7.80. The van der Waals surface area contributed by atoms with Crippen LogP contribution < -0.4 is 11.1 Å². The number of amides is 1. The van der Waals surface area contributed by atoms with Gasteiger partial charge in [-0.05, 0) is 30.0 Å². The Balaban J connectivity index is 2.11. The molecule has 20 heavy (non-hydrogen) atoms. The highest BCUT2D eigenvalue weighted by Crippen LogP contribution is 2.20. The Bertz CT molecular complexity index is 595. The topological polar surface area (TPSA) is 80.9 Å². The number of anilines is 2. The van der Waals surface area contributed by atoms with Crippen molar-refractivity contribution in [3.63, 3.8) is 0 Å². The molecule has 2 rings (SSSR count). The van der Waals surface area contributed by atoms with E-state index < -0.39 is 0 Å². The lowest BCUT2D eigenvalue weighted by molar-refractivity contribution is 0.102. The molecule has 3 N–H and O–H groups in total. The zero-order valence-corrected chi connectivity index (χ0v) is 11.6. The van der Waals surface area contributed by atoms with E-state index in [9.17, 15) is 4.79 Å². The van der Waals surface area contributed by atoms with E-state index in [-0.39, 0.29) is 17.4 Å². The highest BCUT2D eigenvalue weighted by atomic mass is 16.1. The molecule has 1 aromatic carbocycles. The van der Waals surface area contributed by atoms with Crippen LogP contribution in [0.2, 0.25) is 0 Å². The molecule has 0 aliphatic rings. The van der Waals surface area contributed by atoms with E-state index in [1.807, 2.05) is 24.3 Å². The van der Waals surface area contributed by atoms with Crippen LogP contribution in [-0.4, -0.2) is 15.9 Å². The zero-order chi connectivity index (χ0) is 14.5. The molecule has 1 aromatic heterocycles. The summed E-state index contributed by atoms with van der Waals surface area (Å²) in [6.45, 7) is 4.32. The van der Waals surface area contributed by atoms with Gasteiger partial charge in [0.15, 0.2) is 11.5 Å². The van der Waals surface area contributed by atoms with Crippen molar-refractivity contribution in [3.8, 4) is 0 Å². The summed E-state index contributed by atoms with van der Waals surface area (Å²) in [5, 5.41) is 2.76. The van der Waals surface area contributed by atoms with Gasteiger partial charge >= 0.3 is 0 Å². The minimum Gasteiger partial charge on any atom is -0.382 e. The fraction of sp³-hybridized carbons (Fsp3) is 0.267. The molecule has 0 unspecified atom stereocenters. The van der Waals surface area contributed by atoms with Crippen LogP contribution in [0.25, 0.3) is 0 Å². The van der Waals surface area contributed by atoms with Crippen LogP contribution >= 0.6 is 0 Å². The SMILES string of the molecule is CC[C@@H](C)c1ccc(NC(=O)c2nccnc2N)cc1. The number of nitrogens with two attached hydrogens (primary N) is 1. The van der Waals surface area contributed by atoms with Gasteiger partial charge in [0.2, 0.25) is 0 Å². The molecule has 5 nitrogen and oxygen atoms in total. The van der Waals surface area contributed by atoms with Crippen molar-refractivity contribution in [2.75, 3.05) is 11.1 Å². The Morgan fingerprint density at radius 3 is 2.50 bits per heavy atom. The second-order valence-corrected chi connectivity index (χ2v) is 4.68. The van der Waals surface area contributed by atoms with Crippen molar-refractivity contribution in [3.05, 3.63) is 47.9 Å². The fourth-order valence-electron chi connectivity index (χ4n) is 1.84. The molecule has 0 radical (unpaired) electrons. The molecule has 0 saturated heterocycles. The Morgan fingerprint density at radius 2 is 1.90 bits per heavy atom. The van der Waals surface area contributed by atoms with Gasteiger partial charge in [0.1, 0.15) is 0 Å². The smallest absolute Gasteiger partial charge is 0.278 e. The van der Waals surface area contributed by atoms with Gasteiger partial charge in [0.25, 0.3) is 5.91 Å². The highest BCUT2D eigenvalue weighted by molar-refractivity contribution is 6.05. The number of nitrogen functional groups attached to an aromatic ring is 1. The first-order valence-electron chi connectivity index (χ1n) is 6.59. The largest absolute Gasteiger partial charge is 0.382 e. The van der Waals surface area contributed by atoms with Gasteiger partial charge < -0.3 is 11.1 Å². The van der Waals surface area contributed by atoms with Crippen molar-refractivity contribution in [1.29, 1.82) is 0 Å². The van der Waals surface area contributed by atoms with Crippen molar-refractivity contribution in [2.24, 2.45) is 0 Å². The van der Waals surface area contributed by atoms with Gasteiger partial charge in [-0.1, -0.05) is 26.0 Å². The quantitative estimate of drug-likeness (QED) is 0.895. The molecular weight excluding hydrogens is 252 g/mol. The summed E-state index contributed by atoms with van der Waals surface area (Å²) in [7, 11) is 0. The monoisotopic (exact) mass is 270 g/mol. The van der Waals surface area contributed by atoms with Crippen molar-refractivity contribution in [2.45, 2.75) is 26.2 Å². The normalized spacial score (nSPS) is 11.9. The maximum Gasteiger partial charge on any atom is 0.278 e. The van der Waals surface area contributed by atoms with Crippen LogP contribution in [0.1, 0.15) is 42.2 Å². The maximum atomic E-state index is 12.0. The summed E-state index contributed by atoms with van der Waals surface area (Å²) in [6.07, 6.45) is 3.98. The minimum atomic E-state index is -0.355. The lowest BCUT2D eigenvalue weighted by Gasteiger charge is -2.10. The molecular formula is C15H18N4O. The Morgan fingerprint density at radius 1 is 1.25 bits per heavy atom. The molecule has 1 amide bonds. The van der Waals surface area contributed by atoms with E-state index in [1.165, 1.54) is 18.0 Å². The van der Waals surface area contributed by atoms with Crippen LogP contribution in [0.3, 0.4) is 0 Å². The molecule has 0 aliphatic heterocycles. The third-order valence-corrected chi connectivity index (χ3v) is 3.29. The summed E-state index contributed by atoms with van der Waals surface area (Å²) < 4.78 is 0. The van der Waals surface area contributed by atoms with Crippen LogP contribution in [-0.2, 0) is 0 Å². The molecule has 0 aliphatic carbocycles. The van der Waals surface area contributed by atoms with E-state index >= 15 is 0 Å². The third kappa shape index (κ3) is 3.12. The van der Waals surface area contributed by atoms with Gasteiger partial charge in [-0.3, -0.25) is 4.79 Å². The molecule has 1 heterocycles. The minimum absolute atomic E-state index is 0.126. The summed E-state index contributed by atoms with van der Waals surface area (Å²) in [5.41, 5.74) is 7.73. The van der Waals surface area contributed by atoms with Gasteiger partial charge in [-0.15, -0.1) is 0 Å². The number of nitrogens with one attached hydrogen (secondary N) is 1. The maximum absolute atomic E-state index is 12.0. The number of benzene rings is 1. The molecule has 2 aromatic rings. The van der Waals surface area contributed by atoms with Gasteiger partial charge in [0, 0.05) is 18.1 Å². The van der Waals surface area contributed by atoms with E-state index in [0.29, 0.717) is 11.6 Å². The average Bonchev–Trinajstić information content (AvgIpc) is 2.47. The van der Waals surface area contributed by atoms with Gasteiger partial charge in [-0.2, -0.15) is 0 Å². The van der Waals surface area contributed by atoms with Crippen molar-refractivity contribution < 1.29 is 4.79 Å². The Hall–Kier alpha value is -2.43. The average molecular weight is 270 g/mol. The predicted molar refractivity (Wildman–Crippen MR) is 79.5 cm³/mol. The fourth-order valence-corrected chi connectivity index (χ4v) is 1.84. The van der Waals surface area contributed by atoms with Gasteiger partial charge in [-0.25, -0.2) is 9.97 Å². The number of rotatable bonds is 4. The molecule has 0 saturated carbocycles. The molecule has 5 heteroatoms. The van der Waals surface area contributed by atoms with Crippen LogP contribution in [0, 0.1) is 0 Å². The molecule has 1 atom stereocenters. The summed E-state index contributed by atoms with van der Waals surface area (Å²) >= 11 is 0. The number of nitrogens with zero attached hydrogens (tertiary/aromatic N) is 2. The highest BCUT2D eigenvalue weighted by Gasteiger charge is 2.12.